The summed E-state index contributed by atoms with van der Waals surface area (Å²) in [4.78, 5) is 2.49. The van der Waals surface area contributed by atoms with Gasteiger partial charge in [-0.2, -0.15) is 0 Å². The quantitative estimate of drug-likeness (QED) is 0.722. The molecule has 2 N–H and O–H groups in total. The molecule has 0 amide bonds. The van der Waals surface area contributed by atoms with Crippen LogP contribution in [0.4, 0.5) is 0 Å². The van der Waals surface area contributed by atoms with Crippen LogP contribution in [0.1, 0.15) is 27.2 Å². The maximum absolute atomic E-state index is 5.68. The van der Waals surface area contributed by atoms with Crippen LogP contribution in [-0.4, -0.2) is 43.3 Å². The summed E-state index contributed by atoms with van der Waals surface area (Å²) in [5.41, 5.74) is 5.68. The normalized spacial score (nSPS) is 28.9. The Morgan fingerprint density at radius 1 is 1.50 bits per heavy atom. The predicted octanol–water partition coefficient (Wildman–Crippen LogP) is 1.08. The van der Waals surface area contributed by atoms with Gasteiger partial charge in [-0.3, -0.25) is 4.90 Å². The molecule has 0 aromatic heterocycles. The lowest BCUT2D eigenvalue weighted by Gasteiger charge is -2.21. The Balaban J connectivity index is 2.18. The first kappa shape index (κ1) is 12.0. The van der Waals surface area contributed by atoms with Crippen LogP contribution in [0.3, 0.4) is 0 Å². The van der Waals surface area contributed by atoms with Gasteiger partial charge in [0.25, 0.3) is 0 Å². The third kappa shape index (κ3) is 3.56. The van der Waals surface area contributed by atoms with Crippen molar-refractivity contribution in [3.63, 3.8) is 0 Å². The van der Waals surface area contributed by atoms with E-state index in [4.69, 9.17) is 10.5 Å². The highest BCUT2D eigenvalue weighted by Gasteiger charge is 2.27. The fraction of sp³-hybridized carbons (Fsp3) is 1.00. The van der Waals surface area contributed by atoms with E-state index in [0.29, 0.717) is 18.1 Å². The van der Waals surface area contributed by atoms with E-state index < -0.39 is 0 Å². The summed E-state index contributed by atoms with van der Waals surface area (Å²) < 4.78 is 5.55. The monoisotopic (exact) mass is 200 g/mol. The molecule has 0 saturated carbocycles. The number of ether oxygens (including phenoxy) is 1. The van der Waals surface area contributed by atoms with Gasteiger partial charge >= 0.3 is 0 Å². The van der Waals surface area contributed by atoms with E-state index in [9.17, 15) is 0 Å². The summed E-state index contributed by atoms with van der Waals surface area (Å²) in [6.07, 6.45) is 1.59. The van der Waals surface area contributed by atoms with Gasteiger partial charge in [-0.05, 0) is 39.7 Å². The van der Waals surface area contributed by atoms with Crippen molar-refractivity contribution in [3.8, 4) is 0 Å². The van der Waals surface area contributed by atoms with E-state index in [-0.39, 0.29) is 0 Å². The lowest BCUT2D eigenvalue weighted by atomic mass is 10.1. The minimum atomic E-state index is 0.346. The van der Waals surface area contributed by atoms with Crippen molar-refractivity contribution < 1.29 is 4.74 Å². The van der Waals surface area contributed by atoms with E-state index in [0.717, 1.165) is 26.2 Å². The van der Waals surface area contributed by atoms with E-state index >= 15 is 0 Å². The molecule has 3 heteroatoms. The fourth-order valence-corrected chi connectivity index (χ4v) is 2.11. The van der Waals surface area contributed by atoms with Crippen molar-refractivity contribution >= 4 is 0 Å². The largest absolute Gasteiger partial charge is 0.377 e. The topological polar surface area (TPSA) is 38.5 Å². The molecule has 3 nitrogen and oxygen atoms in total. The molecule has 1 aliphatic heterocycles. The molecule has 2 atom stereocenters. The van der Waals surface area contributed by atoms with Crippen LogP contribution in [0.15, 0.2) is 0 Å². The van der Waals surface area contributed by atoms with Gasteiger partial charge in [-0.25, -0.2) is 0 Å². The van der Waals surface area contributed by atoms with Crippen LogP contribution in [0.25, 0.3) is 0 Å². The zero-order valence-electron chi connectivity index (χ0n) is 9.70. The summed E-state index contributed by atoms with van der Waals surface area (Å²) in [7, 11) is 0. The van der Waals surface area contributed by atoms with Crippen LogP contribution in [0.5, 0.6) is 0 Å². The minimum absolute atomic E-state index is 0.346. The zero-order valence-corrected chi connectivity index (χ0v) is 9.70. The smallest absolute Gasteiger partial charge is 0.0597 e. The second-order valence-electron chi connectivity index (χ2n) is 4.60. The van der Waals surface area contributed by atoms with Crippen molar-refractivity contribution in [1.82, 2.24) is 4.90 Å². The third-order valence-electron chi connectivity index (χ3n) is 2.95. The standard InChI is InChI=1S/C11H24N2O/c1-9(2)14-5-4-13-8-11(7-12)6-10(13)3/h9-11H,4-8,12H2,1-3H3. The van der Waals surface area contributed by atoms with Gasteiger partial charge in [0, 0.05) is 19.1 Å². The SMILES string of the molecule is CC(C)OCCN1CC(CN)CC1C. The van der Waals surface area contributed by atoms with Crippen LogP contribution >= 0.6 is 0 Å². The highest BCUT2D eigenvalue weighted by Crippen LogP contribution is 2.21. The molecular weight excluding hydrogens is 176 g/mol. The van der Waals surface area contributed by atoms with Crippen molar-refractivity contribution in [2.75, 3.05) is 26.2 Å². The van der Waals surface area contributed by atoms with E-state index in [1.807, 2.05) is 0 Å². The van der Waals surface area contributed by atoms with E-state index in [1.165, 1.54) is 6.42 Å². The lowest BCUT2D eigenvalue weighted by Crippen LogP contribution is -2.31. The van der Waals surface area contributed by atoms with Crippen molar-refractivity contribution in [2.24, 2.45) is 11.7 Å². The number of hydrogen-bond donors (Lipinski definition) is 1. The number of nitrogens with zero attached hydrogens (tertiary/aromatic N) is 1. The average Bonchev–Trinajstić information content (AvgIpc) is 2.47. The van der Waals surface area contributed by atoms with Gasteiger partial charge in [-0.1, -0.05) is 0 Å². The molecule has 0 radical (unpaired) electrons. The van der Waals surface area contributed by atoms with Gasteiger partial charge < -0.3 is 10.5 Å². The Hall–Kier alpha value is -0.120. The second-order valence-corrected chi connectivity index (χ2v) is 4.60. The number of likely N-dealkylation sites (tertiary alicyclic amines) is 1. The molecule has 1 aliphatic rings. The van der Waals surface area contributed by atoms with E-state index in [2.05, 4.69) is 25.7 Å². The zero-order chi connectivity index (χ0) is 10.6. The first-order valence-electron chi connectivity index (χ1n) is 5.69. The Kier molecular flexibility index (Phi) is 4.85. The Morgan fingerprint density at radius 3 is 2.71 bits per heavy atom. The molecule has 1 saturated heterocycles. The van der Waals surface area contributed by atoms with Crippen LogP contribution in [0.2, 0.25) is 0 Å². The molecule has 0 aromatic carbocycles. The first-order valence-corrected chi connectivity index (χ1v) is 5.69. The number of rotatable bonds is 5. The van der Waals surface area contributed by atoms with Gasteiger partial charge in [-0.15, -0.1) is 0 Å². The summed E-state index contributed by atoms with van der Waals surface area (Å²) in [6, 6.07) is 0.680. The van der Waals surface area contributed by atoms with Crippen molar-refractivity contribution in [3.05, 3.63) is 0 Å². The fourth-order valence-electron chi connectivity index (χ4n) is 2.11. The molecule has 1 fully saturated rings. The van der Waals surface area contributed by atoms with Gasteiger partial charge in [0.1, 0.15) is 0 Å². The highest BCUT2D eigenvalue weighted by atomic mass is 16.5. The lowest BCUT2D eigenvalue weighted by molar-refractivity contribution is 0.0573. The maximum atomic E-state index is 5.68. The van der Waals surface area contributed by atoms with Gasteiger partial charge in [0.05, 0.1) is 12.7 Å². The van der Waals surface area contributed by atoms with Crippen molar-refractivity contribution in [1.29, 1.82) is 0 Å². The number of hydrogen-bond acceptors (Lipinski definition) is 3. The average molecular weight is 200 g/mol. The molecule has 0 aromatic rings. The maximum Gasteiger partial charge on any atom is 0.0597 e. The second kappa shape index (κ2) is 5.69. The molecule has 84 valence electrons. The molecule has 1 heterocycles. The summed E-state index contributed by atoms with van der Waals surface area (Å²) in [5.74, 6) is 0.698. The van der Waals surface area contributed by atoms with Gasteiger partial charge in [0.15, 0.2) is 0 Å². The molecular formula is C11H24N2O. The summed E-state index contributed by atoms with van der Waals surface area (Å²) in [5, 5.41) is 0. The van der Waals surface area contributed by atoms with Crippen LogP contribution in [0, 0.1) is 5.92 Å². The predicted molar refractivity (Wildman–Crippen MR) is 59.3 cm³/mol. The molecule has 2 unspecified atom stereocenters. The first-order chi connectivity index (χ1) is 6.63. The summed E-state index contributed by atoms with van der Waals surface area (Å²) in [6.45, 7) is 10.3. The Morgan fingerprint density at radius 2 is 2.21 bits per heavy atom. The number of nitrogens with two attached hydrogens (primary N) is 1. The molecule has 0 bridgehead atoms. The minimum Gasteiger partial charge on any atom is -0.377 e. The van der Waals surface area contributed by atoms with Crippen molar-refractivity contribution in [2.45, 2.75) is 39.3 Å². The summed E-state index contributed by atoms with van der Waals surface area (Å²) >= 11 is 0. The van der Waals surface area contributed by atoms with E-state index in [1.54, 1.807) is 0 Å². The molecule has 0 aliphatic carbocycles. The van der Waals surface area contributed by atoms with Gasteiger partial charge in [0.2, 0.25) is 0 Å². The Bertz CT molecular complexity index is 161. The molecule has 14 heavy (non-hydrogen) atoms. The molecule has 1 rings (SSSR count). The molecule has 0 spiro atoms. The Labute approximate surface area is 87.6 Å². The third-order valence-corrected chi connectivity index (χ3v) is 2.95. The van der Waals surface area contributed by atoms with Crippen LogP contribution in [-0.2, 0) is 4.74 Å². The highest BCUT2D eigenvalue weighted by molar-refractivity contribution is 4.82. The van der Waals surface area contributed by atoms with Crippen LogP contribution < -0.4 is 5.73 Å².